The van der Waals surface area contributed by atoms with Crippen LogP contribution >= 0.6 is 0 Å². The second-order valence-corrected chi connectivity index (χ2v) is 5.97. The fourth-order valence-corrected chi connectivity index (χ4v) is 3.02. The minimum Gasteiger partial charge on any atom is -0.336 e. The predicted octanol–water partition coefficient (Wildman–Crippen LogP) is 2.20. The fraction of sp³-hybridized carbons (Fsp3) is 0.105. The van der Waals surface area contributed by atoms with Crippen LogP contribution in [0, 0.1) is 6.92 Å². The SMILES string of the molecule is Cc1nc2cc(Cc3ccccc3-n3ccnc3)ccc2n(N)c1=O. The van der Waals surface area contributed by atoms with E-state index in [9.17, 15) is 4.79 Å². The molecule has 124 valence electrons. The molecule has 0 fully saturated rings. The topological polar surface area (TPSA) is 78.7 Å². The first-order chi connectivity index (χ1) is 12.1. The Hall–Kier alpha value is -3.41. The standard InChI is InChI=1S/C19H17N5O/c1-13-19(25)24(20)18-7-6-14(11-16(18)22-13)10-15-4-2-3-5-17(15)23-9-8-21-12-23/h2-9,11-12H,10,20H2,1H3. The van der Waals surface area contributed by atoms with Crippen LogP contribution in [0.15, 0.2) is 66.0 Å². The Kier molecular flexibility index (Phi) is 3.57. The van der Waals surface area contributed by atoms with Gasteiger partial charge in [0, 0.05) is 18.1 Å². The molecule has 4 rings (SSSR count). The quantitative estimate of drug-likeness (QED) is 0.584. The fourth-order valence-electron chi connectivity index (χ4n) is 3.02. The van der Waals surface area contributed by atoms with Gasteiger partial charge in [0.05, 0.1) is 17.4 Å². The van der Waals surface area contributed by atoms with E-state index in [1.54, 1.807) is 19.4 Å². The minimum atomic E-state index is -0.272. The van der Waals surface area contributed by atoms with Gasteiger partial charge in [-0.25, -0.2) is 14.6 Å². The van der Waals surface area contributed by atoms with Gasteiger partial charge in [-0.2, -0.15) is 0 Å². The van der Waals surface area contributed by atoms with Gasteiger partial charge < -0.3 is 10.4 Å². The van der Waals surface area contributed by atoms with E-state index in [2.05, 4.69) is 22.1 Å². The van der Waals surface area contributed by atoms with E-state index >= 15 is 0 Å². The lowest BCUT2D eigenvalue weighted by Crippen LogP contribution is -2.30. The van der Waals surface area contributed by atoms with Gasteiger partial charge in [-0.3, -0.25) is 4.79 Å². The van der Waals surface area contributed by atoms with Crippen LogP contribution in [-0.2, 0) is 6.42 Å². The van der Waals surface area contributed by atoms with E-state index < -0.39 is 0 Å². The Bertz CT molecular complexity index is 1110. The highest BCUT2D eigenvalue weighted by molar-refractivity contribution is 5.76. The molecular weight excluding hydrogens is 314 g/mol. The normalized spacial score (nSPS) is 11.1. The summed E-state index contributed by atoms with van der Waals surface area (Å²) >= 11 is 0. The Morgan fingerprint density at radius 1 is 1.16 bits per heavy atom. The lowest BCUT2D eigenvalue weighted by molar-refractivity contribution is 0.936. The molecule has 2 aromatic heterocycles. The Morgan fingerprint density at radius 2 is 2.00 bits per heavy atom. The molecule has 0 unspecified atom stereocenters. The maximum Gasteiger partial charge on any atom is 0.290 e. The summed E-state index contributed by atoms with van der Waals surface area (Å²) in [5, 5.41) is 0. The van der Waals surface area contributed by atoms with Gasteiger partial charge in [0.1, 0.15) is 5.69 Å². The summed E-state index contributed by atoms with van der Waals surface area (Å²) in [5.74, 6) is 5.86. The van der Waals surface area contributed by atoms with Gasteiger partial charge >= 0.3 is 0 Å². The summed E-state index contributed by atoms with van der Waals surface area (Å²) in [6.07, 6.45) is 6.23. The highest BCUT2D eigenvalue weighted by Crippen LogP contribution is 2.20. The van der Waals surface area contributed by atoms with Crippen LogP contribution in [0.5, 0.6) is 0 Å². The van der Waals surface area contributed by atoms with E-state index in [-0.39, 0.29) is 5.56 Å². The van der Waals surface area contributed by atoms with E-state index in [1.165, 1.54) is 5.56 Å². The molecule has 0 bridgehead atoms. The Morgan fingerprint density at radius 3 is 2.80 bits per heavy atom. The van der Waals surface area contributed by atoms with Crippen molar-refractivity contribution in [2.75, 3.05) is 5.84 Å². The third-order valence-electron chi connectivity index (χ3n) is 4.28. The van der Waals surface area contributed by atoms with Crippen molar-refractivity contribution in [2.45, 2.75) is 13.3 Å². The summed E-state index contributed by atoms with van der Waals surface area (Å²) in [7, 11) is 0. The highest BCUT2D eigenvalue weighted by atomic mass is 16.1. The van der Waals surface area contributed by atoms with Crippen molar-refractivity contribution in [3.05, 3.63) is 88.4 Å². The van der Waals surface area contributed by atoms with Gasteiger partial charge in [0.2, 0.25) is 0 Å². The number of fused-ring (bicyclic) bond motifs is 1. The van der Waals surface area contributed by atoms with Crippen molar-refractivity contribution in [1.29, 1.82) is 0 Å². The maximum atomic E-state index is 11.9. The lowest BCUT2D eigenvalue weighted by atomic mass is 10.0. The second-order valence-electron chi connectivity index (χ2n) is 5.97. The number of aromatic nitrogens is 4. The van der Waals surface area contributed by atoms with Crippen LogP contribution in [0.4, 0.5) is 0 Å². The largest absolute Gasteiger partial charge is 0.336 e. The zero-order valence-corrected chi connectivity index (χ0v) is 13.8. The summed E-state index contributed by atoms with van der Waals surface area (Å²) in [6, 6.07) is 14.0. The molecule has 0 aliphatic heterocycles. The number of hydrogen-bond acceptors (Lipinski definition) is 4. The van der Waals surface area contributed by atoms with Crippen molar-refractivity contribution in [3.63, 3.8) is 0 Å². The van der Waals surface area contributed by atoms with Gasteiger partial charge in [0.15, 0.2) is 0 Å². The summed E-state index contributed by atoms with van der Waals surface area (Å²) in [6.45, 7) is 1.67. The Balaban J connectivity index is 1.78. The van der Waals surface area contributed by atoms with Gasteiger partial charge in [-0.15, -0.1) is 0 Å². The Labute approximate surface area is 144 Å². The predicted molar refractivity (Wildman–Crippen MR) is 97.3 cm³/mol. The van der Waals surface area contributed by atoms with Gasteiger partial charge in [-0.05, 0) is 42.7 Å². The van der Waals surface area contributed by atoms with Crippen LogP contribution in [0.25, 0.3) is 16.7 Å². The molecular formula is C19H17N5O. The number of nitrogen functional groups attached to an aromatic ring is 1. The van der Waals surface area contributed by atoms with Crippen molar-refractivity contribution in [3.8, 4) is 5.69 Å². The number of nitrogens with zero attached hydrogens (tertiary/aromatic N) is 4. The van der Waals surface area contributed by atoms with Gasteiger partial charge in [-0.1, -0.05) is 24.3 Å². The van der Waals surface area contributed by atoms with Gasteiger partial charge in [0.25, 0.3) is 5.56 Å². The second kappa shape index (κ2) is 5.90. The van der Waals surface area contributed by atoms with E-state index in [1.807, 2.05) is 41.1 Å². The minimum absolute atomic E-state index is 0.272. The molecule has 0 aliphatic carbocycles. The zero-order chi connectivity index (χ0) is 17.4. The molecule has 2 heterocycles. The number of para-hydroxylation sites is 1. The summed E-state index contributed by atoms with van der Waals surface area (Å²) in [4.78, 5) is 20.4. The molecule has 6 nitrogen and oxygen atoms in total. The third kappa shape index (κ3) is 2.67. The molecule has 0 radical (unpaired) electrons. The van der Waals surface area contributed by atoms with Crippen LogP contribution in [-0.4, -0.2) is 19.2 Å². The molecule has 2 N–H and O–H groups in total. The average Bonchev–Trinajstić information content (AvgIpc) is 3.15. The summed E-state index contributed by atoms with van der Waals surface area (Å²) < 4.78 is 3.15. The third-order valence-corrected chi connectivity index (χ3v) is 4.28. The van der Waals surface area contributed by atoms with E-state index in [0.717, 1.165) is 27.9 Å². The number of rotatable bonds is 3. The number of imidazole rings is 1. The first-order valence-corrected chi connectivity index (χ1v) is 7.97. The number of benzene rings is 2. The van der Waals surface area contributed by atoms with Crippen LogP contribution in [0.1, 0.15) is 16.8 Å². The van der Waals surface area contributed by atoms with Crippen LogP contribution < -0.4 is 11.4 Å². The lowest BCUT2D eigenvalue weighted by Gasteiger charge is -2.11. The zero-order valence-electron chi connectivity index (χ0n) is 13.8. The molecule has 0 atom stereocenters. The summed E-state index contributed by atoms with van der Waals surface area (Å²) in [5.41, 5.74) is 4.84. The van der Waals surface area contributed by atoms with Crippen molar-refractivity contribution in [2.24, 2.45) is 0 Å². The first kappa shape index (κ1) is 15.1. The van der Waals surface area contributed by atoms with Crippen LogP contribution in [0.3, 0.4) is 0 Å². The molecule has 0 amide bonds. The number of aryl methyl sites for hydroxylation is 1. The van der Waals surface area contributed by atoms with E-state index in [4.69, 9.17) is 5.84 Å². The molecule has 4 aromatic rings. The van der Waals surface area contributed by atoms with Crippen molar-refractivity contribution in [1.82, 2.24) is 19.2 Å². The first-order valence-electron chi connectivity index (χ1n) is 7.97. The molecule has 25 heavy (non-hydrogen) atoms. The van der Waals surface area contributed by atoms with E-state index in [0.29, 0.717) is 11.2 Å². The maximum absolute atomic E-state index is 11.9. The molecule has 0 saturated heterocycles. The average molecular weight is 331 g/mol. The number of nitrogens with two attached hydrogens (primary N) is 1. The van der Waals surface area contributed by atoms with Crippen LogP contribution in [0.2, 0.25) is 0 Å². The van der Waals surface area contributed by atoms with Crippen molar-refractivity contribution >= 4 is 11.0 Å². The van der Waals surface area contributed by atoms with Crippen molar-refractivity contribution < 1.29 is 0 Å². The monoisotopic (exact) mass is 331 g/mol. The highest BCUT2D eigenvalue weighted by Gasteiger charge is 2.09. The molecule has 0 saturated carbocycles. The molecule has 0 spiro atoms. The number of hydrogen-bond donors (Lipinski definition) is 1. The smallest absolute Gasteiger partial charge is 0.290 e. The molecule has 0 aliphatic rings. The molecule has 6 heteroatoms. The molecule has 2 aromatic carbocycles.